The number of hydrogen-bond donors (Lipinski definition) is 2. The number of benzene rings is 3. The number of hydrogen-bond acceptors (Lipinski definition) is 6. The molecule has 3 aromatic carbocycles. The lowest BCUT2D eigenvalue weighted by atomic mass is 10.2. The molecule has 174 valence electrons. The van der Waals surface area contributed by atoms with Gasteiger partial charge < -0.3 is 14.8 Å². The minimum absolute atomic E-state index is 0.0427. The van der Waals surface area contributed by atoms with E-state index >= 15 is 0 Å². The van der Waals surface area contributed by atoms with E-state index in [-0.39, 0.29) is 16.5 Å². The second-order valence-electron chi connectivity index (χ2n) is 7.31. The number of methoxy groups -OCH3 is 2. The van der Waals surface area contributed by atoms with Crippen LogP contribution in [-0.4, -0.2) is 33.8 Å². The highest BCUT2D eigenvalue weighted by Crippen LogP contribution is 2.31. The number of carbonyl (C=O) groups excluding carboxylic acids is 1. The van der Waals surface area contributed by atoms with E-state index in [1.165, 1.54) is 32.4 Å². The number of thioether (sulfide) groups is 1. The highest BCUT2D eigenvalue weighted by atomic mass is 32.2. The molecule has 0 atom stereocenters. The molecule has 7 nitrogen and oxygen atoms in total. The molecular formula is C24H26N2O5S2. The van der Waals surface area contributed by atoms with Crippen LogP contribution in [0.15, 0.2) is 76.5 Å². The molecule has 33 heavy (non-hydrogen) atoms. The molecule has 0 bridgehead atoms. The maximum atomic E-state index is 12.9. The third-order valence-electron chi connectivity index (χ3n) is 4.57. The average Bonchev–Trinajstić information content (AvgIpc) is 2.79. The summed E-state index contributed by atoms with van der Waals surface area (Å²) in [6.45, 7) is 4.13. The first-order chi connectivity index (χ1) is 15.7. The van der Waals surface area contributed by atoms with Gasteiger partial charge in [-0.25, -0.2) is 8.42 Å². The predicted octanol–water partition coefficient (Wildman–Crippen LogP) is 5.26. The minimum atomic E-state index is -3.89. The predicted molar refractivity (Wildman–Crippen MR) is 132 cm³/mol. The van der Waals surface area contributed by atoms with Gasteiger partial charge in [0, 0.05) is 21.9 Å². The Balaban J connectivity index is 1.77. The van der Waals surface area contributed by atoms with Gasteiger partial charge in [0.2, 0.25) is 0 Å². The maximum Gasteiger partial charge on any atom is 0.262 e. The molecule has 0 heterocycles. The second-order valence-corrected chi connectivity index (χ2v) is 10.6. The first-order valence-corrected chi connectivity index (χ1v) is 12.5. The summed E-state index contributed by atoms with van der Waals surface area (Å²) in [7, 11) is -0.944. The molecule has 2 N–H and O–H groups in total. The van der Waals surface area contributed by atoms with Gasteiger partial charge in [0.15, 0.2) is 0 Å². The van der Waals surface area contributed by atoms with Gasteiger partial charge in [0.05, 0.1) is 30.4 Å². The van der Waals surface area contributed by atoms with Gasteiger partial charge in [-0.2, -0.15) is 0 Å². The lowest BCUT2D eigenvalue weighted by molar-refractivity contribution is 0.102. The molecule has 0 unspecified atom stereocenters. The van der Waals surface area contributed by atoms with E-state index in [9.17, 15) is 13.2 Å². The summed E-state index contributed by atoms with van der Waals surface area (Å²) in [5, 5.41) is 3.16. The first-order valence-electron chi connectivity index (χ1n) is 10.2. The third kappa shape index (κ3) is 6.21. The van der Waals surface area contributed by atoms with Crippen molar-refractivity contribution in [1.82, 2.24) is 0 Å². The molecule has 1 amide bonds. The highest BCUT2D eigenvalue weighted by Gasteiger charge is 2.18. The van der Waals surface area contributed by atoms with E-state index in [0.29, 0.717) is 28.0 Å². The largest absolute Gasteiger partial charge is 0.497 e. The fraction of sp³-hybridized carbons (Fsp3) is 0.208. The standard InChI is InChI=1S/C24H26N2O5S2/c1-16(2)32-23-8-6-5-7-20(23)24(27)25-17-9-12-19(13-10-17)33(28,29)26-21-15-18(30-3)11-14-22(21)31-4/h5-16,26H,1-4H3,(H,25,27). The van der Waals surface area contributed by atoms with E-state index in [1.807, 2.05) is 18.2 Å². The lowest BCUT2D eigenvalue weighted by Gasteiger charge is -2.14. The van der Waals surface area contributed by atoms with Gasteiger partial charge in [-0.3, -0.25) is 9.52 Å². The highest BCUT2D eigenvalue weighted by molar-refractivity contribution is 8.00. The van der Waals surface area contributed by atoms with Gasteiger partial charge in [0.1, 0.15) is 11.5 Å². The molecule has 0 saturated heterocycles. The second kappa shape index (κ2) is 10.6. The van der Waals surface area contributed by atoms with Crippen molar-refractivity contribution in [2.45, 2.75) is 28.9 Å². The van der Waals surface area contributed by atoms with Crippen molar-refractivity contribution in [3.05, 3.63) is 72.3 Å². The monoisotopic (exact) mass is 486 g/mol. The van der Waals surface area contributed by atoms with Crippen LogP contribution in [0.4, 0.5) is 11.4 Å². The zero-order valence-electron chi connectivity index (χ0n) is 18.8. The van der Waals surface area contributed by atoms with Crippen molar-refractivity contribution >= 4 is 39.1 Å². The topological polar surface area (TPSA) is 93.7 Å². The fourth-order valence-corrected chi connectivity index (χ4v) is 5.04. The smallest absolute Gasteiger partial charge is 0.262 e. The van der Waals surface area contributed by atoms with Crippen LogP contribution in [0.3, 0.4) is 0 Å². The molecule has 9 heteroatoms. The van der Waals surface area contributed by atoms with Gasteiger partial charge >= 0.3 is 0 Å². The molecule has 0 radical (unpaired) electrons. The quantitative estimate of drug-likeness (QED) is 0.401. The molecular weight excluding hydrogens is 460 g/mol. The van der Waals surface area contributed by atoms with Crippen LogP contribution < -0.4 is 19.5 Å². The zero-order valence-corrected chi connectivity index (χ0v) is 20.4. The summed E-state index contributed by atoms with van der Waals surface area (Å²) < 4.78 is 38.7. The Morgan fingerprint density at radius 1 is 0.939 bits per heavy atom. The average molecular weight is 487 g/mol. The lowest BCUT2D eigenvalue weighted by Crippen LogP contribution is -2.15. The van der Waals surface area contributed by atoms with Crippen LogP contribution in [-0.2, 0) is 10.0 Å². The summed E-state index contributed by atoms with van der Waals surface area (Å²) in [5.74, 6) is 0.595. The number of carbonyl (C=O) groups is 1. The van der Waals surface area contributed by atoms with Crippen molar-refractivity contribution in [3.8, 4) is 11.5 Å². The molecule has 0 fully saturated rings. The molecule has 0 aliphatic rings. The Morgan fingerprint density at radius 2 is 1.64 bits per heavy atom. The van der Waals surface area contributed by atoms with E-state index < -0.39 is 10.0 Å². The van der Waals surface area contributed by atoms with Crippen LogP contribution in [0, 0.1) is 0 Å². The van der Waals surface area contributed by atoms with Crippen molar-refractivity contribution in [3.63, 3.8) is 0 Å². The van der Waals surface area contributed by atoms with E-state index in [2.05, 4.69) is 23.9 Å². The molecule has 0 aromatic heterocycles. The third-order valence-corrected chi connectivity index (χ3v) is 7.03. The van der Waals surface area contributed by atoms with Crippen LogP contribution in [0.1, 0.15) is 24.2 Å². The maximum absolute atomic E-state index is 12.9. The number of nitrogens with one attached hydrogen (secondary N) is 2. The summed E-state index contributed by atoms with van der Waals surface area (Å²) in [6.07, 6.45) is 0. The van der Waals surface area contributed by atoms with Crippen LogP contribution in [0.25, 0.3) is 0 Å². The first kappa shape index (κ1) is 24.5. The van der Waals surface area contributed by atoms with Crippen LogP contribution in [0.2, 0.25) is 0 Å². The molecule has 0 spiro atoms. The Hall–Kier alpha value is -3.17. The number of anilines is 2. The summed E-state index contributed by atoms with van der Waals surface area (Å²) >= 11 is 1.61. The van der Waals surface area contributed by atoms with Crippen LogP contribution >= 0.6 is 11.8 Å². The van der Waals surface area contributed by atoms with Gasteiger partial charge in [-0.15, -0.1) is 11.8 Å². The van der Waals surface area contributed by atoms with E-state index in [1.54, 1.807) is 42.1 Å². The Labute approximate surface area is 198 Å². The summed E-state index contributed by atoms with van der Waals surface area (Å²) in [5.41, 5.74) is 1.32. The fourth-order valence-electron chi connectivity index (χ4n) is 3.02. The van der Waals surface area contributed by atoms with Crippen molar-refractivity contribution in [1.29, 1.82) is 0 Å². The number of amides is 1. The van der Waals surface area contributed by atoms with Crippen LogP contribution in [0.5, 0.6) is 11.5 Å². The van der Waals surface area contributed by atoms with Gasteiger partial charge in [0.25, 0.3) is 15.9 Å². The zero-order chi connectivity index (χ0) is 24.0. The van der Waals surface area contributed by atoms with Gasteiger partial charge in [-0.1, -0.05) is 26.0 Å². The Morgan fingerprint density at radius 3 is 2.27 bits per heavy atom. The molecule has 3 aromatic rings. The SMILES string of the molecule is COc1ccc(OC)c(NS(=O)(=O)c2ccc(NC(=O)c3ccccc3SC(C)C)cc2)c1. The van der Waals surface area contributed by atoms with Gasteiger partial charge in [-0.05, 0) is 48.5 Å². The number of ether oxygens (including phenoxy) is 2. The molecule has 0 aliphatic heterocycles. The van der Waals surface area contributed by atoms with Crippen molar-refractivity contribution in [2.75, 3.05) is 24.3 Å². The summed E-state index contributed by atoms with van der Waals surface area (Å²) in [4.78, 5) is 13.7. The van der Waals surface area contributed by atoms with Crippen molar-refractivity contribution in [2.24, 2.45) is 0 Å². The van der Waals surface area contributed by atoms with E-state index in [4.69, 9.17) is 9.47 Å². The number of sulfonamides is 1. The Bertz CT molecular complexity index is 1230. The number of rotatable bonds is 9. The Kier molecular flexibility index (Phi) is 7.88. The molecule has 3 rings (SSSR count). The normalized spacial score (nSPS) is 11.2. The van der Waals surface area contributed by atoms with Crippen molar-refractivity contribution < 1.29 is 22.7 Å². The summed E-state index contributed by atoms with van der Waals surface area (Å²) in [6, 6.07) is 18.2. The van der Waals surface area contributed by atoms with E-state index in [0.717, 1.165) is 4.90 Å². The molecule has 0 saturated carbocycles. The molecule has 0 aliphatic carbocycles. The minimum Gasteiger partial charge on any atom is -0.497 e.